The Hall–Kier alpha value is -3.31. The third kappa shape index (κ3) is 8.87. The summed E-state index contributed by atoms with van der Waals surface area (Å²) in [6.07, 6.45) is 1.84. The van der Waals surface area contributed by atoms with Crippen LogP contribution in [0.5, 0.6) is 11.5 Å². The van der Waals surface area contributed by atoms with Crippen molar-refractivity contribution >= 4 is 23.9 Å². The van der Waals surface area contributed by atoms with Crippen molar-refractivity contribution in [3.8, 4) is 11.5 Å². The number of nitrogens with one attached hydrogen (secondary N) is 2. The van der Waals surface area contributed by atoms with Crippen molar-refractivity contribution in [2.75, 3.05) is 20.2 Å². The summed E-state index contributed by atoms with van der Waals surface area (Å²) in [5.41, 5.74) is -0.0528. The van der Waals surface area contributed by atoms with Crippen LogP contribution in [0.2, 0.25) is 0 Å². The molecule has 8 nitrogen and oxygen atoms in total. The molecule has 1 aromatic rings. The van der Waals surface area contributed by atoms with E-state index in [9.17, 15) is 31.9 Å². The number of hydrogen-bond donors (Lipinski definition) is 2. The Morgan fingerprint density at radius 3 is 2.36 bits per heavy atom. The van der Waals surface area contributed by atoms with Crippen molar-refractivity contribution in [3.63, 3.8) is 0 Å². The highest BCUT2D eigenvalue weighted by Gasteiger charge is 2.13. The Balaban J connectivity index is 2.69. The van der Waals surface area contributed by atoms with Crippen LogP contribution in [0.15, 0.2) is 24.3 Å². The number of halogens is 4. The normalized spacial score (nSPS) is 10.8. The molecule has 0 aliphatic heterocycles. The number of ether oxygens (including phenoxy) is 3. The second kappa shape index (κ2) is 11.4. The zero-order chi connectivity index (χ0) is 21.1. The van der Waals surface area contributed by atoms with E-state index >= 15 is 0 Å². The number of rotatable bonds is 10. The maximum Gasteiger partial charge on any atom is 0.387 e. The van der Waals surface area contributed by atoms with E-state index < -0.39 is 49.1 Å². The molecule has 2 amide bonds. The van der Waals surface area contributed by atoms with E-state index in [0.29, 0.717) is 0 Å². The van der Waals surface area contributed by atoms with Gasteiger partial charge in [-0.15, -0.1) is 0 Å². The highest BCUT2D eigenvalue weighted by atomic mass is 19.3. The van der Waals surface area contributed by atoms with Crippen molar-refractivity contribution in [1.82, 2.24) is 10.6 Å². The molecule has 0 aromatic heterocycles. The monoisotopic (exact) mass is 408 g/mol. The molecule has 12 heteroatoms. The third-order valence-corrected chi connectivity index (χ3v) is 2.90. The summed E-state index contributed by atoms with van der Waals surface area (Å²) >= 11 is 0. The lowest BCUT2D eigenvalue weighted by Crippen LogP contribution is -2.37. The standard InChI is InChI=1S/C16H16F4N2O6/c1-21-12(23)7-22-13(24)8-26-14(25)5-3-9-2-4-10(27-15(17)18)6-11(9)28-16(19)20/h2-6,15-16H,7-8H2,1H3,(H,21,23)(H,22,24)/b5-3+. The topological polar surface area (TPSA) is 103 Å². The molecule has 1 rings (SSSR count). The van der Waals surface area contributed by atoms with Gasteiger partial charge in [0, 0.05) is 24.8 Å². The van der Waals surface area contributed by atoms with Crippen molar-refractivity contribution in [2.45, 2.75) is 13.2 Å². The van der Waals surface area contributed by atoms with Gasteiger partial charge in [-0.2, -0.15) is 17.6 Å². The highest BCUT2D eigenvalue weighted by molar-refractivity contribution is 5.90. The van der Waals surface area contributed by atoms with E-state index in [1.165, 1.54) is 7.05 Å². The molecular formula is C16H16F4N2O6. The molecule has 0 bridgehead atoms. The van der Waals surface area contributed by atoms with Crippen LogP contribution in [0, 0.1) is 0 Å². The minimum Gasteiger partial charge on any atom is -0.452 e. The van der Waals surface area contributed by atoms with Crippen LogP contribution in [0.25, 0.3) is 6.08 Å². The van der Waals surface area contributed by atoms with Crippen molar-refractivity contribution in [2.24, 2.45) is 0 Å². The number of alkyl halides is 4. The number of carbonyl (C=O) groups excluding carboxylic acids is 3. The summed E-state index contributed by atoms with van der Waals surface area (Å²) in [6.45, 7) is -7.39. The number of amides is 2. The predicted molar refractivity (Wildman–Crippen MR) is 86.8 cm³/mol. The van der Waals surface area contributed by atoms with Crippen LogP contribution in [0.3, 0.4) is 0 Å². The summed E-state index contributed by atoms with van der Waals surface area (Å²) in [5, 5.41) is 4.45. The maximum atomic E-state index is 12.5. The molecule has 0 fully saturated rings. The van der Waals surface area contributed by atoms with Gasteiger partial charge in [-0.05, 0) is 18.2 Å². The summed E-state index contributed by atoms with van der Waals surface area (Å²) < 4.78 is 62.2. The summed E-state index contributed by atoms with van der Waals surface area (Å²) in [5.74, 6) is -3.12. The van der Waals surface area contributed by atoms with Gasteiger partial charge in [-0.25, -0.2) is 4.79 Å². The molecule has 1 aromatic carbocycles. The van der Waals surface area contributed by atoms with Crippen LogP contribution >= 0.6 is 0 Å². The highest BCUT2D eigenvalue weighted by Crippen LogP contribution is 2.28. The average Bonchev–Trinajstić information content (AvgIpc) is 2.62. The Kier molecular flexibility index (Phi) is 9.27. The minimum absolute atomic E-state index is 0.0528. The summed E-state index contributed by atoms with van der Waals surface area (Å²) in [6, 6.07) is 2.96. The molecule has 0 heterocycles. The van der Waals surface area contributed by atoms with Gasteiger partial charge in [-0.3, -0.25) is 9.59 Å². The Labute approximate surface area is 156 Å². The van der Waals surface area contributed by atoms with Gasteiger partial charge in [0.1, 0.15) is 11.5 Å². The van der Waals surface area contributed by atoms with E-state index in [1.54, 1.807) is 0 Å². The fourth-order valence-electron chi connectivity index (χ4n) is 1.69. The van der Waals surface area contributed by atoms with Crippen molar-refractivity contribution in [3.05, 3.63) is 29.8 Å². The van der Waals surface area contributed by atoms with E-state index in [-0.39, 0.29) is 12.1 Å². The molecule has 2 N–H and O–H groups in total. The van der Waals surface area contributed by atoms with Crippen LogP contribution in [0.1, 0.15) is 5.56 Å². The average molecular weight is 408 g/mol. The Morgan fingerprint density at radius 1 is 1.07 bits per heavy atom. The van der Waals surface area contributed by atoms with E-state index in [4.69, 9.17) is 0 Å². The molecule has 0 unspecified atom stereocenters. The molecule has 0 radical (unpaired) electrons. The van der Waals surface area contributed by atoms with E-state index in [2.05, 4.69) is 24.8 Å². The first-order valence-corrected chi connectivity index (χ1v) is 7.57. The van der Waals surface area contributed by atoms with E-state index in [0.717, 1.165) is 30.4 Å². The largest absolute Gasteiger partial charge is 0.452 e. The molecule has 0 saturated heterocycles. The molecular weight excluding hydrogens is 392 g/mol. The number of esters is 1. The second-order valence-corrected chi connectivity index (χ2v) is 4.85. The van der Waals surface area contributed by atoms with Gasteiger partial charge < -0.3 is 24.8 Å². The Bertz CT molecular complexity index is 727. The van der Waals surface area contributed by atoms with Gasteiger partial charge in [0.25, 0.3) is 5.91 Å². The molecule has 28 heavy (non-hydrogen) atoms. The number of hydrogen-bond acceptors (Lipinski definition) is 6. The van der Waals surface area contributed by atoms with Crippen molar-refractivity contribution in [1.29, 1.82) is 0 Å². The molecule has 0 spiro atoms. The lowest BCUT2D eigenvalue weighted by Gasteiger charge is -2.11. The van der Waals surface area contributed by atoms with Gasteiger partial charge >= 0.3 is 19.2 Å². The first-order chi connectivity index (χ1) is 13.2. The molecule has 0 saturated carbocycles. The van der Waals surface area contributed by atoms with Crippen LogP contribution in [0.4, 0.5) is 17.6 Å². The SMILES string of the molecule is CNC(=O)CNC(=O)COC(=O)/C=C/c1ccc(OC(F)F)cc1OC(F)F. The van der Waals surface area contributed by atoms with E-state index in [1.807, 2.05) is 0 Å². The number of benzene rings is 1. The fourth-order valence-corrected chi connectivity index (χ4v) is 1.69. The molecule has 0 atom stereocenters. The van der Waals surface area contributed by atoms with Gasteiger partial charge in [-0.1, -0.05) is 0 Å². The second-order valence-electron chi connectivity index (χ2n) is 4.85. The maximum absolute atomic E-state index is 12.5. The van der Waals surface area contributed by atoms with Crippen LogP contribution in [-0.2, 0) is 19.1 Å². The van der Waals surface area contributed by atoms with Gasteiger partial charge in [0.2, 0.25) is 5.91 Å². The quantitative estimate of drug-likeness (QED) is 0.344. The lowest BCUT2D eigenvalue weighted by molar-refractivity contribution is -0.143. The van der Waals surface area contributed by atoms with Crippen LogP contribution < -0.4 is 20.1 Å². The first kappa shape index (κ1) is 22.7. The number of likely N-dealkylation sites (N-methyl/N-ethyl adjacent to an activating group) is 1. The minimum atomic E-state index is -3.25. The van der Waals surface area contributed by atoms with Crippen LogP contribution in [-0.4, -0.2) is 51.2 Å². The zero-order valence-electron chi connectivity index (χ0n) is 14.4. The summed E-state index contributed by atoms with van der Waals surface area (Å²) in [4.78, 5) is 33.9. The fraction of sp³-hybridized carbons (Fsp3) is 0.312. The zero-order valence-corrected chi connectivity index (χ0v) is 14.4. The smallest absolute Gasteiger partial charge is 0.387 e. The predicted octanol–water partition coefficient (Wildman–Crippen LogP) is 1.31. The third-order valence-electron chi connectivity index (χ3n) is 2.90. The van der Waals surface area contributed by atoms with Gasteiger partial charge in [0.05, 0.1) is 6.54 Å². The first-order valence-electron chi connectivity index (χ1n) is 7.57. The number of carbonyl (C=O) groups is 3. The Morgan fingerprint density at radius 2 is 1.75 bits per heavy atom. The molecule has 0 aliphatic rings. The molecule has 0 aliphatic carbocycles. The summed E-state index contributed by atoms with van der Waals surface area (Å²) in [7, 11) is 1.37. The molecule has 154 valence electrons. The van der Waals surface area contributed by atoms with Crippen molar-refractivity contribution < 1.29 is 46.2 Å². The lowest BCUT2D eigenvalue weighted by atomic mass is 10.1. The van der Waals surface area contributed by atoms with Gasteiger partial charge in [0.15, 0.2) is 6.61 Å².